The van der Waals surface area contributed by atoms with Crippen molar-refractivity contribution < 1.29 is 9.52 Å². The molecule has 1 aromatic heterocycles. The third-order valence-electron chi connectivity index (χ3n) is 1.47. The first kappa shape index (κ1) is 8.64. The molecule has 0 saturated heterocycles. The third-order valence-corrected chi connectivity index (χ3v) is 1.47. The van der Waals surface area contributed by atoms with Crippen molar-refractivity contribution in [2.45, 2.75) is 12.5 Å². The Labute approximate surface area is 69.2 Å². The van der Waals surface area contributed by atoms with Crippen LogP contribution in [0.15, 0.2) is 27.9 Å². The zero-order chi connectivity index (χ0) is 8.81. The largest absolute Gasteiger partial charge is 0.469 e. The highest BCUT2D eigenvalue weighted by molar-refractivity contribution is 5.04. The maximum Gasteiger partial charge on any atom is 0.112 e. The van der Waals surface area contributed by atoms with E-state index in [1.54, 1.807) is 12.1 Å². The van der Waals surface area contributed by atoms with Gasteiger partial charge in [-0.05, 0) is 24.1 Å². The molecule has 0 spiro atoms. The van der Waals surface area contributed by atoms with Gasteiger partial charge in [0.2, 0.25) is 0 Å². The molecule has 0 aliphatic carbocycles. The number of furan rings is 1. The fourth-order valence-corrected chi connectivity index (χ4v) is 0.922. The predicted octanol–water partition coefficient (Wildman–Crippen LogP) is 2.01. The Morgan fingerprint density at radius 3 is 3.08 bits per heavy atom. The van der Waals surface area contributed by atoms with Crippen LogP contribution >= 0.6 is 0 Å². The van der Waals surface area contributed by atoms with Crippen LogP contribution in [0, 0.1) is 0 Å². The van der Waals surface area contributed by atoms with E-state index in [1.807, 2.05) is 0 Å². The summed E-state index contributed by atoms with van der Waals surface area (Å²) in [7, 11) is 0. The number of aliphatic hydroxyl groups excluding tert-OH is 1. The fourth-order valence-electron chi connectivity index (χ4n) is 0.922. The first-order valence-corrected chi connectivity index (χ1v) is 3.57. The summed E-state index contributed by atoms with van der Waals surface area (Å²) in [6.07, 6.45) is 1.89. The van der Waals surface area contributed by atoms with Gasteiger partial charge in [-0.15, -0.1) is 0 Å². The molecule has 1 atom stereocenters. The van der Waals surface area contributed by atoms with Crippen molar-refractivity contribution >= 4 is 0 Å². The Hall–Kier alpha value is -1.45. The van der Waals surface area contributed by atoms with Gasteiger partial charge in [-0.25, -0.2) is 0 Å². The van der Waals surface area contributed by atoms with Crippen LogP contribution in [0.25, 0.3) is 10.4 Å². The van der Waals surface area contributed by atoms with Gasteiger partial charge in [-0.2, -0.15) is 0 Å². The Morgan fingerprint density at radius 2 is 2.58 bits per heavy atom. The van der Waals surface area contributed by atoms with E-state index in [2.05, 4.69) is 10.0 Å². The topological polar surface area (TPSA) is 82.1 Å². The van der Waals surface area contributed by atoms with E-state index in [0.717, 1.165) is 0 Å². The van der Waals surface area contributed by atoms with E-state index in [4.69, 9.17) is 15.1 Å². The molecule has 1 heterocycles. The summed E-state index contributed by atoms with van der Waals surface area (Å²) in [5.74, 6) is 0.585. The molecule has 0 aliphatic heterocycles. The Balaban J connectivity index is 2.72. The molecular weight excluding hydrogens is 158 g/mol. The summed E-state index contributed by atoms with van der Waals surface area (Å²) in [5.41, 5.74) is 8.20. The van der Waals surface area contributed by atoms with Gasteiger partial charge in [0.1, 0.15) is 5.76 Å². The number of aliphatic hydroxyl groups is 1. The quantitative estimate of drug-likeness (QED) is 0.422. The van der Waals surface area contributed by atoms with Crippen LogP contribution in [-0.2, 0) is 0 Å². The number of nitrogens with zero attached hydrogens (tertiary/aromatic N) is 3. The van der Waals surface area contributed by atoms with Crippen LogP contribution in [-0.4, -0.2) is 11.7 Å². The molecule has 0 bridgehead atoms. The second-order valence-electron chi connectivity index (χ2n) is 2.25. The van der Waals surface area contributed by atoms with Crippen molar-refractivity contribution in [2.75, 3.05) is 6.61 Å². The molecule has 0 radical (unpaired) electrons. The molecule has 64 valence electrons. The Morgan fingerprint density at radius 1 is 1.75 bits per heavy atom. The number of azide groups is 1. The average molecular weight is 167 g/mol. The van der Waals surface area contributed by atoms with Gasteiger partial charge in [0, 0.05) is 11.5 Å². The molecule has 0 saturated carbocycles. The first-order chi connectivity index (χ1) is 5.88. The smallest absolute Gasteiger partial charge is 0.112 e. The summed E-state index contributed by atoms with van der Waals surface area (Å²) in [6, 6.07) is 3.04. The lowest BCUT2D eigenvalue weighted by Gasteiger charge is -2.03. The summed E-state index contributed by atoms with van der Waals surface area (Å²) in [4.78, 5) is 2.66. The van der Waals surface area contributed by atoms with E-state index in [1.165, 1.54) is 6.26 Å². The minimum Gasteiger partial charge on any atom is -0.469 e. The highest BCUT2D eigenvalue weighted by atomic mass is 16.3. The van der Waals surface area contributed by atoms with Crippen LogP contribution in [0.1, 0.15) is 18.2 Å². The van der Waals surface area contributed by atoms with Gasteiger partial charge in [-0.3, -0.25) is 0 Å². The van der Waals surface area contributed by atoms with Crippen LogP contribution in [0.5, 0.6) is 0 Å². The number of rotatable bonds is 4. The monoisotopic (exact) mass is 167 g/mol. The highest BCUT2D eigenvalue weighted by Crippen LogP contribution is 2.20. The second-order valence-corrected chi connectivity index (χ2v) is 2.25. The van der Waals surface area contributed by atoms with Crippen molar-refractivity contribution in [2.24, 2.45) is 5.11 Å². The van der Waals surface area contributed by atoms with Gasteiger partial charge in [0.15, 0.2) is 0 Å². The zero-order valence-electron chi connectivity index (χ0n) is 6.42. The molecule has 0 aromatic carbocycles. The number of hydrogen-bond donors (Lipinski definition) is 1. The molecule has 0 fully saturated rings. The lowest BCUT2D eigenvalue weighted by Crippen LogP contribution is -1.95. The summed E-state index contributed by atoms with van der Waals surface area (Å²) in [6.45, 7) is -0.0234. The van der Waals surface area contributed by atoms with E-state index in [0.29, 0.717) is 12.2 Å². The van der Waals surface area contributed by atoms with Gasteiger partial charge in [0.05, 0.1) is 12.3 Å². The lowest BCUT2D eigenvalue weighted by atomic mass is 10.2. The normalized spacial score (nSPS) is 12.1. The molecule has 0 amide bonds. The van der Waals surface area contributed by atoms with Crippen LogP contribution in [0.3, 0.4) is 0 Å². The lowest BCUT2D eigenvalue weighted by molar-refractivity contribution is 0.268. The minimum atomic E-state index is -0.394. The van der Waals surface area contributed by atoms with E-state index in [-0.39, 0.29) is 6.61 Å². The van der Waals surface area contributed by atoms with Crippen LogP contribution < -0.4 is 0 Å². The fraction of sp³-hybridized carbons (Fsp3) is 0.429. The molecular formula is C7H9N3O2. The van der Waals surface area contributed by atoms with Crippen LogP contribution in [0.2, 0.25) is 0 Å². The first-order valence-electron chi connectivity index (χ1n) is 3.57. The van der Waals surface area contributed by atoms with Gasteiger partial charge in [0.25, 0.3) is 0 Å². The van der Waals surface area contributed by atoms with Crippen molar-refractivity contribution in [3.05, 3.63) is 34.6 Å². The summed E-state index contributed by atoms with van der Waals surface area (Å²) in [5, 5.41) is 12.1. The molecule has 0 aliphatic rings. The Kier molecular flexibility index (Phi) is 3.19. The predicted molar refractivity (Wildman–Crippen MR) is 42.3 cm³/mol. The van der Waals surface area contributed by atoms with Crippen molar-refractivity contribution in [1.29, 1.82) is 0 Å². The van der Waals surface area contributed by atoms with E-state index < -0.39 is 6.04 Å². The molecule has 1 rings (SSSR count). The van der Waals surface area contributed by atoms with Gasteiger partial charge >= 0.3 is 0 Å². The summed E-state index contributed by atoms with van der Waals surface area (Å²) < 4.78 is 5.02. The molecule has 12 heavy (non-hydrogen) atoms. The summed E-state index contributed by atoms with van der Waals surface area (Å²) >= 11 is 0. The molecule has 5 nitrogen and oxygen atoms in total. The van der Waals surface area contributed by atoms with Crippen molar-refractivity contribution in [3.8, 4) is 0 Å². The zero-order valence-corrected chi connectivity index (χ0v) is 6.42. The molecule has 1 N–H and O–H groups in total. The average Bonchev–Trinajstić information content (AvgIpc) is 2.56. The van der Waals surface area contributed by atoms with Gasteiger partial charge in [-0.1, -0.05) is 5.11 Å². The number of hydrogen-bond acceptors (Lipinski definition) is 3. The van der Waals surface area contributed by atoms with E-state index in [9.17, 15) is 0 Å². The van der Waals surface area contributed by atoms with Gasteiger partial charge < -0.3 is 9.52 Å². The SMILES string of the molecule is [N-]=[N+]=NC(CCO)c1ccco1. The van der Waals surface area contributed by atoms with Crippen molar-refractivity contribution in [1.82, 2.24) is 0 Å². The maximum absolute atomic E-state index is 8.64. The third kappa shape index (κ3) is 2.02. The minimum absolute atomic E-state index is 0.0234. The Bertz CT molecular complexity index is 264. The van der Waals surface area contributed by atoms with Crippen molar-refractivity contribution in [3.63, 3.8) is 0 Å². The molecule has 1 aromatic rings. The maximum atomic E-state index is 8.64. The highest BCUT2D eigenvalue weighted by Gasteiger charge is 2.10. The standard InChI is InChI=1S/C7H9N3O2/c8-10-9-6(3-4-11)7-2-1-5-12-7/h1-2,5-6,11H,3-4H2. The van der Waals surface area contributed by atoms with Crippen LogP contribution in [0.4, 0.5) is 0 Å². The molecule has 1 unspecified atom stereocenters. The second kappa shape index (κ2) is 4.43. The van der Waals surface area contributed by atoms with E-state index >= 15 is 0 Å². The molecule has 5 heteroatoms.